The molecular weight excluding hydrogens is 412 g/mol. The van der Waals surface area contributed by atoms with Crippen LogP contribution in [0.15, 0.2) is 18.2 Å². The predicted molar refractivity (Wildman–Crippen MR) is 133 cm³/mol. The van der Waals surface area contributed by atoms with Gasteiger partial charge < -0.3 is 15.5 Å². The molecule has 1 aromatic rings. The third-order valence-corrected chi connectivity index (χ3v) is 7.67. The van der Waals surface area contributed by atoms with Gasteiger partial charge in [-0.1, -0.05) is 26.8 Å². The maximum atomic E-state index is 13.2. The van der Waals surface area contributed by atoms with Crippen LogP contribution in [0.3, 0.4) is 0 Å². The zero-order valence-corrected chi connectivity index (χ0v) is 20.7. The van der Waals surface area contributed by atoms with Crippen molar-refractivity contribution >= 4 is 17.5 Å². The minimum atomic E-state index is -0.167. The predicted octanol–water partition coefficient (Wildman–Crippen LogP) is 3.31. The molecular formula is C27H42N4O2. The van der Waals surface area contributed by atoms with Crippen molar-refractivity contribution in [3.05, 3.63) is 29.3 Å². The van der Waals surface area contributed by atoms with E-state index in [2.05, 4.69) is 53.3 Å². The summed E-state index contributed by atoms with van der Waals surface area (Å²) in [6.45, 7) is 11.9. The number of likely N-dealkylation sites (N-methyl/N-ethyl adjacent to an activating group) is 1. The first-order valence-corrected chi connectivity index (χ1v) is 13.1. The molecule has 2 amide bonds. The lowest BCUT2D eigenvalue weighted by atomic mass is 9.87. The van der Waals surface area contributed by atoms with Crippen LogP contribution in [-0.2, 0) is 22.4 Å². The van der Waals surface area contributed by atoms with E-state index in [1.54, 1.807) is 0 Å². The fourth-order valence-electron chi connectivity index (χ4n) is 6.04. The van der Waals surface area contributed by atoms with Gasteiger partial charge in [-0.3, -0.25) is 14.5 Å². The van der Waals surface area contributed by atoms with Gasteiger partial charge in [0.2, 0.25) is 11.8 Å². The monoisotopic (exact) mass is 454 g/mol. The molecule has 2 aliphatic heterocycles. The number of nitrogens with one attached hydrogen (secondary N) is 2. The summed E-state index contributed by atoms with van der Waals surface area (Å²) in [4.78, 5) is 31.2. The number of likely N-dealkylation sites (tertiary alicyclic amines) is 2. The standard InChI is InChI=1S/C27H42N4O2/c1-4-31-12-6-9-25(31)15-28-26(32)22-13-23(18-30(17-22)16-19(2)3)27(33)29-24-11-10-20-7-5-8-21(20)14-24/h10-11,14,19,22-23,25H,4-9,12-13,15-18H2,1-3H3,(H,28,32)(H,29,33)/t22-,23+,25?/m0/s1. The average Bonchev–Trinajstić information content (AvgIpc) is 3.45. The highest BCUT2D eigenvalue weighted by Crippen LogP contribution is 2.28. The normalized spacial score (nSPS) is 25.9. The van der Waals surface area contributed by atoms with E-state index in [-0.39, 0.29) is 23.7 Å². The number of anilines is 1. The summed E-state index contributed by atoms with van der Waals surface area (Å²) in [5.74, 6) is 0.364. The van der Waals surface area contributed by atoms with E-state index < -0.39 is 0 Å². The average molecular weight is 455 g/mol. The van der Waals surface area contributed by atoms with Crippen molar-refractivity contribution in [2.45, 2.75) is 65.3 Å². The van der Waals surface area contributed by atoms with E-state index >= 15 is 0 Å². The quantitative estimate of drug-likeness (QED) is 0.633. The molecule has 4 rings (SSSR count). The molecule has 1 aliphatic carbocycles. The van der Waals surface area contributed by atoms with Crippen LogP contribution in [0, 0.1) is 17.8 Å². The zero-order chi connectivity index (χ0) is 23.4. The van der Waals surface area contributed by atoms with Crippen LogP contribution < -0.4 is 10.6 Å². The summed E-state index contributed by atoms with van der Waals surface area (Å²) in [6, 6.07) is 6.78. The lowest BCUT2D eigenvalue weighted by Gasteiger charge is -2.37. The summed E-state index contributed by atoms with van der Waals surface area (Å²) < 4.78 is 0. The number of carbonyl (C=O) groups excluding carboxylic acids is 2. The molecule has 2 heterocycles. The number of piperidine rings is 1. The molecule has 33 heavy (non-hydrogen) atoms. The maximum Gasteiger partial charge on any atom is 0.228 e. The van der Waals surface area contributed by atoms with Gasteiger partial charge in [0.15, 0.2) is 0 Å². The first-order valence-electron chi connectivity index (χ1n) is 13.1. The topological polar surface area (TPSA) is 64.7 Å². The van der Waals surface area contributed by atoms with Crippen LogP contribution in [0.1, 0.15) is 57.6 Å². The highest BCUT2D eigenvalue weighted by atomic mass is 16.2. The highest BCUT2D eigenvalue weighted by Gasteiger charge is 2.36. The second kappa shape index (κ2) is 11.0. The number of nitrogens with zero attached hydrogens (tertiary/aromatic N) is 2. The lowest BCUT2D eigenvalue weighted by molar-refractivity contribution is -0.130. The number of aryl methyl sites for hydroxylation is 2. The Balaban J connectivity index is 1.38. The first kappa shape index (κ1) is 24.2. The van der Waals surface area contributed by atoms with E-state index in [9.17, 15) is 9.59 Å². The molecule has 1 unspecified atom stereocenters. The molecule has 0 saturated carbocycles. The van der Waals surface area contributed by atoms with Crippen LogP contribution >= 0.6 is 0 Å². The second-order valence-corrected chi connectivity index (χ2v) is 10.7. The summed E-state index contributed by atoms with van der Waals surface area (Å²) in [5, 5.41) is 6.39. The molecule has 182 valence electrons. The summed E-state index contributed by atoms with van der Waals surface area (Å²) in [5.41, 5.74) is 3.67. The maximum absolute atomic E-state index is 13.2. The van der Waals surface area contributed by atoms with Gasteiger partial charge in [0, 0.05) is 37.9 Å². The molecule has 3 aliphatic rings. The fraction of sp³-hybridized carbons (Fsp3) is 0.704. The van der Waals surface area contributed by atoms with E-state index in [1.807, 2.05) is 6.07 Å². The van der Waals surface area contributed by atoms with Crippen LogP contribution in [-0.4, -0.2) is 66.9 Å². The fourth-order valence-corrected chi connectivity index (χ4v) is 6.04. The van der Waals surface area contributed by atoms with Crippen LogP contribution in [0.5, 0.6) is 0 Å². The van der Waals surface area contributed by atoms with Gasteiger partial charge in [0.1, 0.15) is 0 Å². The molecule has 0 radical (unpaired) electrons. The molecule has 3 atom stereocenters. The zero-order valence-electron chi connectivity index (χ0n) is 20.7. The van der Waals surface area contributed by atoms with Crippen LogP contribution in [0.2, 0.25) is 0 Å². The van der Waals surface area contributed by atoms with Crippen molar-refractivity contribution in [1.82, 2.24) is 15.1 Å². The van der Waals surface area contributed by atoms with Gasteiger partial charge in [-0.2, -0.15) is 0 Å². The van der Waals surface area contributed by atoms with Crippen LogP contribution in [0.25, 0.3) is 0 Å². The largest absolute Gasteiger partial charge is 0.354 e. The Morgan fingerprint density at radius 1 is 1.06 bits per heavy atom. The smallest absolute Gasteiger partial charge is 0.228 e. The highest BCUT2D eigenvalue weighted by molar-refractivity contribution is 5.93. The molecule has 0 aromatic heterocycles. The molecule has 2 saturated heterocycles. The van der Waals surface area contributed by atoms with Gasteiger partial charge in [-0.15, -0.1) is 0 Å². The third kappa shape index (κ3) is 6.15. The SMILES string of the molecule is CCN1CCCC1CNC(=O)[C@H]1C[C@@H](C(=O)Nc2ccc3c(c2)CCC3)CN(CC(C)C)C1. The first-order chi connectivity index (χ1) is 15.9. The lowest BCUT2D eigenvalue weighted by Crippen LogP contribution is -2.51. The van der Waals surface area contributed by atoms with Gasteiger partial charge in [-0.25, -0.2) is 0 Å². The van der Waals surface area contributed by atoms with E-state index in [0.717, 1.165) is 64.2 Å². The molecule has 0 bridgehead atoms. The van der Waals surface area contributed by atoms with Gasteiger partial charge in [0.25, 0.3) is 0 Å². The number of rotatable bonds is 8. The summed E-state index contributed by atoms with van der Waals surface area (Å²) >= 11 is 0. The summed E-state index contributed by atoms with van der Waals surface area (Å²) in [7, 11) is 0. The number of benzene rings is 1. The third-order valence-electron chi connectivity index (χ3n) is 7.67. The van der Waals surface area contributed by atoms with E-state index in [1.165, 1.54) is 24.0 Å². The van der Waals surface area contributed by atoms with E-state index in [0.29, 0.717) is 18.4 Å². The van der Waals surface area contributed by atoms with E-state index in [4.69, 9.17) is 0 Å². The number of fused-ring (bicyclic) bond motifs is 1. The molecule has 2 fully saturated rings. The van der Waals surface area contributed by atoms with Crippen molar-refractivity contribution in [1.29, 1.82) is 0 Å². The Labute approximate surface area is 199 Å². The van der Waals surface area contributed by atoms with Crippen LogP contribution in [0.4, 0.5) is 5.69 Å². The van der Waals surface area contributed by atoms with Gasteiger partial charge >= 0.3 is 0 Å². The number of carbonyl (C=O) groups is 2. The molecule has 1 aromatic carbocycles. The van der Waals surface area contributed by atoms with Gasteiger partial charge in [0.05, 0.1) is 11.8 Å². The molecule has 6 nitrogen and oxygen atoms in total. The molecule has 2 N–H and O–H groups in total. The van der Waals surface area contributed by atoms with Gasteiger partial charge in [-0.05, 0) is 80.8 Å². The Hall–Kier alpha value is -1.92. The summed E-state index contributed by atoms with van der Waals surface area (Å²) in [6.07, 6.45) is 6.44. The minimum Gasteiger partial charge on any atom is -0.354 e. The number of hydrogen-bond acceptors (Lipinski definition) is 4. The second-order valence-electron chi connectivity index (χ2n) is 10.7. The van der Waals surface area contributed by atoms with Crippen molar-refractivity contribution in [2.75, 3.05) is 44.6 Å². The number of amides is 2. The van der Waals surface area contributed by atoms with Crippen molar-refractivity contribution < 1.29 is 9.59 Å². The Bertz CT molecular complexity index is 839. The van der Waals surface area contributed by atoms with Crippen molar-refractivity contribution in [3.8, 4) is 0 Å². The Morgan fingerprint density at radius 3 is 2.58 bits per heavy atom. The van der Waals surface area contributed by atoms with Crippen molar-refractivity contribution in [2.24, 2.45) is 17.8 Å². The molecule has 0 spiro atoms. The number of hydrogen-bond donors (Lipinski definition) is 2. The molecule has 6 heteroatoms. The Kier molecular flexibility index (Phi) is 8.07. The minimum absolute atomic E-state index is 0.0483. The Morgan fingerprint density at radius 2 is 1.82 bits per heavy atom. The van der Waals surface area contributed by atoms with Crippen molar-refractivity contribution in [3.63, 3.8) is 0 Å².